The Morgan fingerprint density at radius 1 is 1.22 bits per heavy atom. The van der Waals surface area contributed by atoms with Gasteiger partial charge in [0.1, 0.15) is 10.5 Å². The third kappa shape index (κ3) is 2.07. The maximum atomic E-state index is 11.8. The number of H-pyrrole nitrogens is 1. The first-order valence-electron chi connectivity index (χ1n) is 5.74. The van der Waals surface area contributed by atoms with E-state index in [2.05, 4.69) is 41.2 Å². The number of aromatic amines is 1. The molecule has 0 amide bonds. The minimum absolute atomic E-state index is 0.0443. The van der Waals surface area contributed by atoms with E-state index in [9.17, 15) is 4.79 Å². The fourth-order valence-electron chi connectivity index (χ4n) is 1.90. The van der Waals surface area contributed by atoms with Gasteiger partial charge in [-0.1, -0.05) is 29.8 Å². The molecule has 2 aromatic heterocycles. The Kier molecular flexibility index (Phi) is 2.72. The number of hydrogen-bond acceptors (Lipinski definition) is 3. The molecular formula is C14H12N2OS. The van der Waals surface area contributed by atoms with E-state index in [4.69, 9.17) is 0 Å². The number of benzene rings is 1. The number of hydrogen-bond donors (Lipinski definition) is 1. The van der Waals surface area contributed by atoms with Crippen LogP contribution in [0.1, 0.15) is 17.0 Å². The minimum atomic E-state index is -0.0443. The van der Waals surface area contributed by atoms with E-state index >= 15 is 0 Å². The summed E-state index contributed by atoms with van der Waals surface area (Å²) in [5.41, 5.74) is 3.12. The lowest BCUT2D eigenvalue weighted by Crippen LogP contribution is -2.10. The molecule has 0 atom stereocenters. The van der Waals surface area contributed by atoms with Gasteiger partial charge in [0.25, 0.3) is 5.56 Å². The predicted octanol–water partition coefficient (Wildman–Crippen LogP) is 2.88. The Bertz CT molecular complexity index is 740. The molecule has 0 aliphatic rings. The highest BCUT2D eigenvalue weighted by Gasteiger charge is 2.05. The quantitative estimate of drug-likeness (QED) is 0.766. The number of thiophene rings is 1. The van der Waals surface area contributed by atoms with Gasteiger partial charge in [-0.15, -0.1) is 11.3 Å². The smallest absolute Gasteiger partial charge is 0.268 e. The minimum Gasteiger partial charge on any atom is -0.309 e. The highest BCUT2D eigenvalue weighted by molar-refractivity contribution is 7.17. The van der Waals surface area contributed by atoms with Crippen LogP contribution in [0.3, 0.4) is 0 Å². The summed E-state index contributed by atoms with van der Waals surface area (Å²) in [5.74, 6) is 0.717. The Hall–Kier alpha value is -1.94. The molecule has 0 saturated carbocycles. The normalized spacial score (nSPS) is 10.9. The van der Waals surface area contributed by atoms with Gasteiger partial charge in [-0.2, -0.15) is 0 Å². The molecule has 0 fully saturated rings. The van der Waals surface area contributed by atoms with Crippen molar-refractivity contribution in [2.75, 3.05) is 0 Å². The average Bonchev–Trinajstić information content (AvgIpc) is 2.81. The molecule has 0 bridgehead atoms. The molecule has 4 heteroatoms. The van der Waals surface area contributed by atoms with Gasteiger partial charge in [0, 0.05) is 6.42 Å². The number of aryl methyl sites for hydroxylation is 1. The lowest BCUT2D eigenvalue weighted by molar-refractivity contribution is 0.975. The molecule has 0 spiro atoms. The van der Waals surface area contributed by atoms with Gasteiger partial charge >= 0.3 is 0 Å². The standard InChI is InChI=1S/C14H12N2OS/c1-9-2-4-10(5-3-9)8-12-15-11-6-7-18-13(11)14(17)16-12/h2-7H,8H2,1H3,(H,15,16,17). The summed E-state index contributed by atoms with van der Waals surface area (Å²) in [7, 11) is 0. The second-order valence-electron chi connectivity index (χ2n) is 4.31. The summed E-state index contributed by atoms with van der Waals surface area (Å²) < 4.78 is 0.697. The van der Waals surface area contributed by atoms with E-state index in [1.165, 1.54) is 16.9 Å². The average molecular weight is 256 g/mol. The maximum absolute atomic E-state index is 11.8. The number of rotatable bonds is 2. The van der Waals surface area contributed by atoms with Crippen molar-refractivity contribution in [2.45, 2.75) is 13.3 Å². The van der Waals surface area contributed by atoms with Gasteiger partial charge in [0.2, 0.25) is 0 Å². The molecule has 0 aliphatic heterocycles. The largest absolute Gasteiger partial charge is 0.309 e. The van der Waals surface area contributed by atoms with Crippen LogP contribution in [0, 0.1) is 6.92 Å². The van der Waals surface area contributed by atoms with Crippen molar-refractivity contribution in [1.82, 2.24) is 9.97 Å². The van der Waals surface area contributed by atoms with Crippen molar-refractivity contribution in [3.05, 3.63) is 63.0 Å². The van der Waals surface area contributed by atoms with E-state index in [1.807, 2.05) is 11.4 Å². The summed E-state index contributed by atoms with van der Waals surface area (Å²) in [4.78, 5) is 19.1. The molecule has 3 aromatic rings. The van der Waals surface area contributed by atoms with E-state index in [-0.39, 0.29) is 5.56 Å². The monoisotopic (exact) mass is 256 g/mol. The Balaban J connectivity index is 1.99. The van der Waals surface area contributed by atoms with Crippen molar-refractivity contribution in [2.24, 2.45) is 0 Å². The van der Waals surface area contributed by atoms with Gasteiger partial charge in [-0.3, -0.25) is 4.79 Å². The highest BCUT2D eigenvalue weighted by Crippen LogP contribution is 2.15. The first-order chi connectivity index (χ1) is 8.72. The van der Waals surface area contributed by atoms with Gasteiger partial charge in [-0.25, -0.2) is 4.98 Å². The molecule has 0 aliphatic carbocycles. The van der Waals surface area contributed by atoms with Crippen molar-refractivity contribution < 1.29 is 0 Å². The summed E-state index contributed by atoms with van der Waals surface area (Å²) in [6.07, 6.45) is 0.654. The van der Waals surface area contributed by atoms with Crippen LogP contribution in [0.2, 0.25) is 0 Å². The summed E-state index contributed by atoms with van der Waals surface area (Å²) in [6, 6.07) is 10.1. The van der Waals surface area contributed by atoms with Crippen LogP contribution in [-0.2, 0) is 6.42 Å². The predicted molar refractivity (Wildman–Crippen MR) is 74.2 cm³/mol. The van der Waals surface area contributed by atoms with Gasteiger partial charge in [-0.05, 0) is 23.9 Å². The van der Waals surface area contributed by atoms with Crippen molar-refractivity contribution in [3.63, 3.8) is 0 Å². The van der Waals surface area contributed by atoms with Crippen LogP contribution in [0.15, 0.2) is 40.5 Å². The molecule has 18 heavy (non-hydrogen) atoms. The number of aromatic nitrogens is 2. The molecule has 3 rings (SSSR count). The first-order valence-corrected chi connectivity index (χ1v) is 6.62. The zero-order chi connectivity index (χ0) is 12.5. The molecule has 90 valence electrons. The number of nitrogens with zero attached hydrogens (tertiary/aromatic N) is 1. The van der Waals surface area contributed by atoms with E-state index in [0.29, 0.717) is 11.1 Å². The Morgan fingerprint density at radius 3 is 2.78 bits per heavy atom. The topological polar surface area (TPSA) is 45.8 Å². The summed E-state index contributed by atoms with van der Waals surface area (Å²) in [6.45, 7) is 2.06. The van der Waals surface area contributed by atoms with E-state index in [0.717, 1.165) is 16.9 Å². The maximum Gasteiger partial charge on any atom is 0.268 e. The van der Waals surface area contributed by atoms with E-state index < -0.39 is 0 Å². The van der Waals surface area contributed by atoms with Crippen LogP contribution in [0.5, 0.6) is 0 Å². The molecule has 0 saturated heterocycles. The zero-order valence-corrected chi connectivity index (χ0v) is 10.8. The van der Waals surface area contributed by atoms with Crippen molar-refractivity contribution in [1.29, 1.82) is 0 Å². The second kappa shape index (κ2) is 4.38. The third-order valence-electron chi connectivity index (χ3n) is 2.86. The van der Waals surface area contributed by atoms with Crippen molar-refractivity contribution >= 4 is 21.6 Å². The van der Waals surface area contributed by atoms with Crippen LogP contribution in [-0.4, -0.2) is 9.97 Å². The number of nitrogens with one attached hydrogen (secondary N) is 1. The van der Waals surface area contributed by atoms with E-state index in [1.54, 1.807) is 0 Å². The van der Waals surface area contributed by atoms with Gasteiger partial charge < -0.3 is 4.98 Å². The van der Waals surface area contributed by atoms with Gasteiger partial charge in [0.05, 0.1) is 5.52 Å². The van der Waals surface area contributed by atoms with Crippen molar-refractivity contribution in [3.8, 4) is 0 Å². The molecule has 1 N–H and O–H groups in total. The third-order valence-corrected chi connectivity index (χ3v) is 3.76. The molecule has 0 unspecified atom stereocenters. The fraction of sp³-hybridized carbons (Fsp3) is 0.143. The lowest BCUT2D eigenvalue weighted by Gasteiger charge is -2.02. The molecular weight excluding hydrogens is 244 g/mol. The fourth-order valence-corrected chi connectivity index (χ4v) is 2.63. The molecule has 1 aromatic carbocycles. The van der Waals surface area contributed by atoms with Crippen LogP contribution in [0.25, 0.3) is 10.2 Å². The lowest BCUT2D eigenvalue weighted by atomic mass is 10.1. The van der Waals surface area contributed by atoms with Crippen LogP contribution < -0.4 is 5.56 Å². The number of fused-ring (bicyclic) bond motifs is 1. The first kappa shape index (κ1) is 11.2. The van der Waals surface area contributed by atoms with Crippen LogP contribution in [0.4, 0.5) is 0 Å². The Morgan fingerprint density at radius 2 is 2.00 bits per heavy atom. The molecule has 0 radical (unpaired) electrons. The Labute approximate surface area is 108 Å². The molecule has 2 heterocycles. The second-order valence-corrected chi connectivity index (χ2v) is 5.23. The van der Waals surface area contributed by atoms with Gasteiger partial charge in [0.15, 0.2) is 0 Å². The zero-order valence-electron chi connectivity index (χ0n) is 9.93. The summed E-state index contributed by atoms with van der Waals surface area (Å²) >= 11 is 1.42. The molecule has 3 nitrogen and oxygen atoms in total. The highest BCUT2D eigenvalue weighted by atomic mass is 32.1. The SMILES string of the molecule is Cc1ccc(Cc2nc3ccsc3c(=O)[nH]2)cc1. The summed E-state index contributed by atoms with van der Waals surface area (Å²) in [5, 5.41) is 1.89. The van der Waals surface area contributed by atoms with Crippen LogP contribution >= 0.6 is 11.3 Å².